The topological polar surface area (TPSA) is 66.8 Å². The highest BCUT2D eigenvalue weighted by Crippen LogP contribution is 2.44. The van der Waals surface area contributed by atoms with Gasteiger partial charge in [-0.15, -0.1) is 0 Å². The number of aryl methyl sites for hydroxylation is 1. The molecule has 1 saturated heterocycles. The van der Waals surface area contributed by atoms with Gasteiger partial charge in [0.2, 0.25) is 5.91 Å². The Kier molecular flexibility index (Phi) is 5.91. The average Bonchev–Trinajstić information content (AvgIpc) is 3.18. The number of para-hydroxylation sites is 1. The van der Waals surface area contributed by atoms with E-state index in [-0.39, 0.29) is 17.9 Å². The summed E-state index contributed by atoms with van der Waals surface area (Å²) in [5.74, 6) is -0.590. The number of carbonyl (C=O) groups is 2. The largest absolute Gasteiger partial charge is 0.379 e. The number of fused-ring (bicyclic) bond motifs is 2. The van der Waals surface area contributed by atoms with Gasteiger partial charge in [-0.2, -0.15) is 0 Å². The van der Waals surface area contributed by atoms with Gasteiger partial charge in [-0.3, -0.25) is 14.5 Å². The summed E-state index contributed by atoms with van der Waals surface area (Å²) in [6.07, 6.45) is 2.06. The third-order valence-corrected chi connectivity index (χ3v) is 6.94. The highest BCUT2D eigenvalue weighted by Gasteiger charge is 2.43. The van der Waals surface area contributed by atoms with E-state index in [1.54, 1.807) is 11.9 Å². The summed E-state index contributed by atoms with van der Waals surface area (Å²) in [6, 6.07) is 15.3. The number of carbonyl (C=O) groups excluding carboxylic acids is 2. The zero-order valence-electron chi connectivity index (χ0n) is 19.2. The van der Waals surface area contributed by atoms with Crippen LogP contribution in [-0.4, -0.2) is 72.6 Å². The van der Waals surface area contributed by atoms with Crippen LogP contribution in [0.15, 0.2) is 54.7 Å². The number of amides is 2. The minimum atomic E-state index is -0.487. The predicted molar refractivity (Wildman–Crippen MR) is 127 cm³/mol. The van der Waals surface area contributed by atoms with Gasteiger partial charge in [0.15, 0.2) is 0 Å². The van der Waals surface area contributed by atoms with Crippen LogP contribution in [0, 0.1) is 0 Å². The number of morpholine rings is 1. The van der Waals surface area contributed by atoms with E-state index in [4.69, 9.17) is 4.74 Å². The van der Waals surface area contributed by atoms with E-state index in [0.717, 1.165) is 54.9 Å². The fourth-order valence-electron chi connectivity index (χ4n) is 5.23. The summed E-state index contributed by atoms with van der Waals surface area (Å²) in [7, 11) is 3.81. The minimum absolute atomic E-state index is 0.0482. The van der Waals surface area contributed by atoms with Crippen LogP contribution >= 0.6 is 0 Å². The van der Waals surface area contributed by atoms with Gasteiger partial charge < -0.3 is 19.5 Å². The SMILES string of the molecule is CN1C(=O)c2ccccc2C(C(=O)NCCN2CCOCC2)C1c1cn(C)c2ccccc12. The number of benzene rings is 2. The van der Waals surface area contributed by atoms with E-state index in [9.17, 15) is 9.59 Å². The van der Waals surface area contributed by atoms with Crippen molar-refractivity contribution >= 4 is 22.7 Å². The van der Waals surface area contributed by atoms with Crippen molar-refractivity contribution in [1.82, 2.24) is 19.7 Å². The molecule has 2 unspecified atom stereocenters. The van der Waals surface area contributed by atoms with Gasteiger partial charge in [0.1, 0.15) is 0 Å². The zero-order valence-corrected chi connectivity index (χ0v) is 19.2. The van der Waals surface area contributed by atoms with Gasteiger partial charge in [-0.05, 0) is 17.7 Å². The maximum Gasteiger partial charge on any atom is 0.254 e. The lowest BCUT2D eigenvalue weighted by Crippen LogP contribution is -2.47. The molecule has 5 rings (SSSR count). The lowest BCUT2D eigenvalue weighted by atomic mass is 9.79. The van der Waals surface area contributed by atoms with Gasteiger partial charge in [0.25, 0.3) is 5.91 Å². The third-order valence-electron chi connectivity index (χ3n) is 6.94. The normalized spacial score (nSPS) is 21.3. The molecule has 0 aliphatic carbocycles. The molecule has 1 aromatic heterocycles. The van der Waals surface area contributed by atoms with Gasteiger partial charge in [0, 0.05) is 68.5 Å². The molecule has 2 aliphatic rings. The van der Waals surface area contributed by atoms with Gasteiger partial charge >= 0.3 is 0 Å². The Morgan fingerprint density at radius 2 is 1.76 bits per heavy atom. The van der Waals surface area contributed by atoms with Crippen molar-refractivity contribution in [2.75, 3.05) is 46.4 Å². The maximum atomic E-state index is 13.7. The molecule has 7 nitrogen and oxygen atoms in total. The number of nitrogens with one attached hydrogen (secondary N) is 1. The Morgan fingerprint density at radius 3 is 2.58 bits per heavy atom. The fraction of sp³-hybridized carbons (Fsp3) is 0.385. The van der Waals surface area contributed by atoms with Crippen LogP contribution in [0.2, 0.25) is 0 Å². The second-order valence-corrected chi connectivity index (χ2v) is 8.88. The van der Waals surface area contributed by atoms with E-state index in [1.807, 2.05) is 43.4 Å². The van der Waals surface area contributed by atoms with E-state index >= 15 is 0 Å². The summed E-state index contributed by atoms with van der Waals surface area (Å²) in [6.45, 7) is 4.60. The summed E-state index contributed by atoms with van der Waals surface area (Å²) in [4.78, 5) is 31.0. The number of nitrogens with zero attached hydrogens (tertiary/aromatic N) is 3. The number of ether oxygens (including phenoxy) is 1. The van der Waals surface area contributed by atoms with Crippen LogP contribution in [-0.2, 0) is 16.6 Å². The van der Waals surface area contributed by atoms with Crippen molar-refractivity contribution in [3.05, 3.63) is 71.4 Å². The molecule has 7 heteroatoms. The van der Waals surface area contributed by atoms with Crippen LogP contribution in [0.5, 0.6) is 0 Å². The Morgan fingerprint density at radius 1 is 1.03 bits per heavy atom. The molecule has 0 radical (unpaired) electrons. The summed E-state index contributed by atoms with van der Waals surface area (Å²) in [5.41, 5.74) is 3.47. The zero-order chi connectivity index (χ0) is 22.9. The quantitative estimate of drug-likeness (QED) is 0.654. The van der Waals surface area contributed by atoms with Crippen LogP contribution in [0.25, 0.3) is 10.9 Å². The molecule has 1 N–H and O–H groups in total. The molecule has 0 saturated carbocycles. The van der Waals surface area contributed by atoms with Crippen LogP contribution in [0.4, 0.5) is 0 Å². The molecule has 172 valence electrons. The van der Waals surface area contributed by atoms with Crippen molar-refractivity contribution in [2.45, 2.75) is 12.0 Å². The van der Waals surface area contributed by atoms with Crippen molar-refractivity contribution in [2.24, 2.45) is 7.05 Å². The molecule has 0 spiro atoms. The molecule has 2 amide bonds. The van der Waals surface area contributed by atoms with E-state index in [2.05, 4.69) is 33.1 Å². The fourth-order valence-corrected chi connectivity index (χ4v) is 5.23. The maximum absolute atomic E-state index is 13.7. The number of aromatic nitrogens is 1. The molecule has 33 heavy (non-hydrogen) atoms. The van der Waals surface area contributed by atoms with Gasteiger partial charge in [-0.25, -0.2) is 0 Å². The highest BCUT2D eigenvalue weighted by atomic mass is 16.5. The van der Waals surface area contributed by atoms with Crippen molar-refractivity contribution in [3.63, 3.8) is 0 Å². The van der Waals surface area contributed by atoms with Crippen LogP contribution in [0.3, 0.4) is 0 Å². The highest BCUT2D eigenvalue weighted by molar-refractivity contribution is 6.02. The van der Waals surface area contributed by atoms with Crippen LogP contribution in [0.1, 0.15) is 33.4 Å². The summed E-state index contributed by atoms with van der Waals surface area (Å²) < 4.78 is 7.48. The lowest BCUT2D eigenvalue weighted by molar-refractivity contribution is -0.124. The second-order valence-electron chi connectivity index (χ2n) is 8.88. The molecule has 2 aromatic carbocycles. The molecule has 2 atom stereocenters. The van der Waals surface area contributed by atoms with E-state index in [0.29, 0.717) is 12.1 Å². The smallest absolute Gasteiger partial charge is 0.254 e. The average molecular weight is 447 g/mol. The number of hydrogen-bond acceptors (Lipinski definition) is 4. The van der Waals surface area contributed by atoms with E-state index in [1.165, 1.54) is 0 Å². The first kappa shape index (κ1) is 21.7. The molecule has 2 aliphatic heterocycles. The second kappa shape index (κ2) is 9.00. The summed E-state index contributed by atoms with van der Waals surface area (Å²) >= 11 is 0. The number of hydrogen-bond donors (Lipinski definition) is 1. The monoisotopic (exact) mass is 446 g/mol. The molecule has 3 heterocycles. The standard InChI is InChI=1S/C26H30N4O3/c1-28-17-21(18-7-5-6-10-22(18)28)24-23(19-8-3-4-9-20(19)26(32)29(24)2)25(31)27-11-12-30-13-15-33-16-14-30/h3-10,17,23-24H,11-16H2,1-2H3,(H,27,31). The number of rotatable bonds is 5. The van der Waals surface area contributed by atoms with Crippen molar-refractivity contribution in [3.8, 4) is 0 Å². The Balaban J connectivity index is 1.50. The number of likely N-dealkylation sites (N-methyl/N-ethyl adjacent to an activating group) is 1. The van der Waals surface area contributed by atoms with E-state index < -0.39 is 5.92 Å². The lowest BCUT2D eigenvalue weighted by Gasteiger charge is -2.39. The predicted octanol–water partition coefficient (Wildman–Crippen LogP) is 2.54. The molecule has 0 bridgehead atoms. The summed E-state index contributed by atoms with van der Waals surface area (Å²) in [5, 5.41) is 4.23. The third kappa shape index (κ3) is 3.92. The minimum Gasteiger partial charge on any atom is -0.379 e. The van der Waals surface area contributed by atoms with Gasteiger partial charge in [-0.1, -0.05) is 36.4 Å². The van der Waals surface area contributed by atoms with Gasteiger partial charge in [0.05, 0.1) is 25.2 Å². The first-order valence-corrected chi connectivity index (χ1v) is 11.5. The Labute approximate surface area is 193 Å². The van der Waals surface area contributed by atoms with Crippen molar-refractivity contribution in [1.29, 1.82) is 0 Å². The Hall–Kier alpha value is -3.16. The molecule has 1 fully saturated rings. The molecule has 3 aromatic rings. The molecular weight excluding hydrogens is 416 g/mol. The Bertz CT molecular complexity index is 1180. The van der Waals surface area contributed by atoms with Crippen LogP contribution < -0.4 is 5.32 Å². The first-order valence-electron chi connectivity index (χ1n) is 11.5. The first-order chi connectivity index (χ1) is 16.1. The van der Waals surface area contributed by atoms with Crippen molar-refractivity contribution < 1.29 is 14.3 Å². The molecular formula is C26H30N4O3.